The number of benzene rings is 3. The molecule has 0 bridgehead atoms. The molecule has 0 atom stereocenters. The number of hydrogen-bond donors (Lipinski definition) is 2. The monoisotopic (exact) mass is 869 g/mol. The zero-order chi connectivity index (χ0) is 45.1. The van der Waals surface area contributed by atoms with Gasteiger partial charge in [0.05, 0.1) is 11.8 Å². The van der Waals surface area contributed by atoms with Gasteiger partial charge in [-0.3, -0.25) is 9.59 Å². The van der Waals surface area contributed by atoms with Crippen molar-refractivity contribution in [2.75, 3.05) is 39.6 Å². The van der Waals surface area contributed by atoms with Gasteiger partial charge in [0.1, 0.15) is 37.9 Å². The molecule has 0 amide bonds. The summed E-state index contributed by atoms with van der Waals surface area (Å²) in [6.07, 6.45) is 19.6. The number of ether oxygens (including phenoxy) is 4. The van der Waals surface area contributed by atoms with Gasteiger partial charge in [0.2, 0.25) is 0 Å². The molecule has 2 aliphatic rings. The standard InChI is InChI=1S/C55H80O8/c1-7-8-13-41-16-18-42(19-17-41)43-20-22-44(23-21-43)45-24-26-49(40(6)34-45)48-36-51(50(15-10-9-11-28-56)53(37-48)61-31-33-63-55(59)39(4)5)46-25-27-52(47(35-46)14-12-29-57)60-30-32-62-54(58)38(2)3/h24-27,34-39,41-44,56-57H,7-23,28-33H2,1-6H3. The van der Waals surface area contributed by atoms with Crippen molar-refractivity contribution in [2.24, 2.45) is 29.6 Å². The Morgan fingerprint density at radius 2 is 1.25 bits per heavy atom. The fourth-order valence-electron chi connectivity index (χ4n) is 9.94. The van der Waals surface area contributed by atoms with Crippen molar-refractivity contribution in [3.63, 3.8) is 0 Å². The van der Waals surface area contributed by atoms with E-state index < -0.39 is 0 Å². The first-order chi connectivity index (χ1) is 30.5. The molecule has 348 valence electrons. The van der Waals surface area contributed by atoms with Gasteiger partial charge >= 0.3 is 11.9 Å². The Hall–Kier alpha value is -3.88. The van der Waals surface area contributed by atoms with E-state index in [1.54, 1.807) is 0 Å². The van der Waals surface area contributed by atoms with E-state index in [9.17, 15) is 19.8 Å². The fraction of sp³-hybridized carbons (Fsp3) is 0.636. The lowest BCUT2D eigenvalue weighted by molar-refractivity contribution is -0.148. The molecule has 0 saturated heterocycles. The van der Waals surface area contributed by atoms with Crippen molar-refractivity contribution in [1.29, 1.82) is 0 Å². The normalized spacial score (nSPS) is 19.0. The van der Waals surface area contributed by atoms with Crippen molar-refractivity contribution >= 4 is 11.9 Å². The highest BCUT2D eigenvalue weighted by Gasteiger charge is 2.31. The van der Waals surface area contributed by atoms with Crippen LogP contribution in [-0.4, -0.2) is 61.8 Å². The molecule has 3 aromatic rings. The minimum absolute atomic E-state index is 0.0530. The lowest BCUT2D eigenvalue weighted by atomic mass is 9.68. The van der Waals surface area contributed by atoms with Crippen LogP contribution in [0.1, 0.15) is 159 Å². The summed E-state index contributed by atoms with van der Waals surface area (Å²) >= 11 is 0. The van der Waals surface area contributed by atoms with Crippen molar-refractivity contribution in [3.05, 3.63) is 70.8 Å². The number of carbonyl (C=O) groups excluding carboxylic acids is 2. The molecule has 2 aliphatic carbocycles. The van der Waals surface area contributed by atoms with E-state index in [2.05, 4.69) is 56.3 Å². The predicted molar refractivity (Wildman–Crippen MR) is 254 cm³/mol. The van der Waals surface area contributed by atoms with E-state index in [0.717, 1.165) is 82.6 Å². The van der Waals surface area contributed by atoms with Crippen LogP contribution >= 0.6 is 0 Å². The first-order valence-corrected chi connectivity index (χ1v) is 24.7. The van der Waals surface area contributed by atoms with E-state index in [1.807, 2.05) is 33.8 Å². The number of aliphatic hydroxyl groups excluding tert-OH is 2. The van der Waals surface area contributed by atoms with Gasteiger partial charge < -0.3 is 29.2 Å². The Labute approximate surface area is 379 Å². The summed E-state index contributed by atoms with van der Waals surface area (Å²) in [5.41, 5.74) is 9.00. The Kier molecular flexibility index (Phi) is 20.8. The van der Waals surface area contributed by atoms with Gasteiger partial charge in [0, 0.05) is 18.8 Å². The summed E-state index contributed by atoms with van der Waals surface area (Å²) in [5, 5.41) is 19.4. The number of unbranched alkanes of at least 4 members (excludes halogenated alkanes) is 3. The minimum atomic E-state index is -0.255. The highest BCUT2D eigenvalue weighted by molar-refractivity contribution is 5.80. The second kappa shape index (κ2) is 26.2. The molecule has 2 N–H and O–H groups in total. The molecule has 0 heterocycles. The van der Waals surface area contributed by atoms with Gasteiger partial charge in [-0.25, -0.2) is 0 Å². The van der Waals surface area contributed by atoms with Gasteiger partial charge in [-0.1, -0.05) is 97.4 Å². The number of esters is 2. The van der Waals surface area contributed by atoms with Gasteiger partial charge in [-0.2, -0.15) is 0 Å². The third-order valence-corrected chi connectivity index (χ3v) is 13.7. The van der Waals surface area contributed by atoms with Crippen molar-refractivity contribution in [1.82, 2.24) is 0 Å². The Morgan fingerprint density at radius 1 is 0.619 bits per heavy atom. The van der Waals surface area contributed by atoms with E-state index in [0.29, 0.717) is 24.5 Å². The van der Waals surface area contributed by atoms with Crippen LogP contribution in [0.5, 0.6) is 11.5 Å². The number of aliphatic hydroxyl groups is 2. The van der Waals surface area contributed by atoms with E-state index >= 15 is 0 Å². The summed E-state index contributed by atoms with van der Waals surface area (Å²) < 4.78 is 23.7. The molecule has 63 heavy (non-hydrogen) atoms. The average Bonchev–Trinajstić information content (AvgIpc) is 3.29. The molecule has 0 radical (unpaired) electrons. The second-order valence-electron chi connectivity index (χ2n) is 19.1. The van der Waals surface area contributed by atoms with Crippen LogP contribution < -0.4 is 9.47 Å². The molecule has 0 spiro atoms. The van der Waals surface area contributed by atoms with Crippen LogP contribution in [0.15, 0.2) is 48.5 Å². The van der Waals surface area contributed by atoms with Gasteiger partial charge in [-0.05, 0) is 164 Å². The summed E-state index contributed by atoms with van der Waals surface area (Å²) in [6, 6.07) is 17.7. The quantitative estimate of drug-likeness (QED) is 0.0640. The SMILES string of the molecule is CCCCC1CCC(C2CCC(c3ccc(-c4cc(OCCOC(=O)C(C)C)c(CCCCCO)c(-c5ccc(OCCOC(=O)C(C)C)c(CCCO)c5)c4)c(C)c3)CC2)CC1. The average molecular weight is 869 g/mol. The van der Waals surface area contributed by atoms with Crippen molar-refractivity contribution in [3.8, 4) is 33.8 Å². The smallest absolute Gasteiger partial charge is 0.308 e. The second-order valence-corrected chi connectivity index (χ2v) is 19.1. The minimum Gasteiger partial charge on any atom is -0.490 e. The van der Waals surface area contributed by atoms with E-state index in [1.165, 1.54) is 81.8 Å². The molecule has 2 fully saturated rings. The number of aryl methyl sites for hydroxylation is 2. The maximum atomic E-state index is 12.3. The fourth-order valence-corrected chi connectivity index (χ4v) is 9.94. The molecule has 0 aliphatic heterocycles. The molecule has 8 nitrogen and oxygen atoms in total. The first kappa shape index (κ1) is 50.1. The Bertz CT molecular complexity index is 1850. The number of rotatable bonds is 25. The van der Waals surface area contributed by atoms with Crippen LogP contribution in [-0.2, 0) is 31.9 Å². The largest absolute Gasteiger partial charge is 0.490 e. The molecular formula is C55H80O8. The molecular weight excluding hydrogens is 789 g/mol. The van der Waals surface area contributed by atoms with Crippen LogP contribution in [0, 0.1) is 36.5 Å². The van der Waals surface area contributed by atoms with E-state index in [4.69, 9.17) is 18.9 Å². The van der Waals surface area contributed by atoms with Crippen molar-refractivity contribution < 1.29 is 38.7 Å². The number of hydrogen-bond acceptors (Lipinski definition) is 8. The van der Waals surface area contributed by atoms with Crippen LogP contribution in [0.2, 0.25) is 0 Å². The number of carbonyl (C=O) groups is 2. The zero-order valence-corrected chi connectivity index (χ0v) is 39.7. The summed E-state index contributed by atoms with van der Waals surface area (Å²) in [4.78, 5) is 24.4. The van der Waals surface area contributed by atoms with E-state index in [-0.39, 0.29) is 63.4 Å². The molecule has 0 unspecified atom stereocenters. The summed E-state index contributed by atoms with van der Waals surface area (Å²) in [7, 11) is 0. The van der Waals surface area contributed by atoms with Crippen LogP contribution in [0.4, 0.5) is 0 Å². The Morgan fingerprint density at radius 3 is 1.86 bits per heavy atom. The van der Waals surface area contributed by atoms with Gasteiger partial charge in [0.25, 0.3) is 0 Å². The molecule has 2 saturated carbocycles. The molecule has 5 rings (SSSR count). The highest BCUT2D eigenvalue weighted by atomic mass is 16.6. The topological polar surface area (TPSA) is 112 Å². The first-order valence-electron chi connectivity index (χ1n) is 24.7. The van der Waals surface area contributed by atoms with Crippen molar-refractivity contribution in [2.45, 2.75) is 157 Å². The lowest BCUT2D eigenvalue weighted by Crippen LogP contribution is -2.25. The van der Waals surface area contributed by atoms with Crippen LogP contribution in [0.3, 0.4) is 0 Å². The zero-order valence-electron chi connectivity index (χ0n) is 39.7. The van der Waals surface area contributed by atoms with Gasteiger partial charge in [-0.15, -0.1) is 0 Å². The summed E-state index contributed by atoms with van der Waals surface area (Å²) in [6.45, 7) is 12.8. The molecule has 0 aromatic heterocycles. The third-order valence-electron chi connectivity index (χ3n) is 13.7. The maximum Gasteiger partial charge on any atom is 0.308 e. The lowest BCUT2D eigenvalue weighted by Gasteiger charge is -2.38. The highest BCUT2D eigenvalue weighted by Crippen LogP contribution is 2.46. The third kappa shape index (κ3) is 15.1. The predicted octanol–water partition coefficient (Wildman–Crippen LogP) is 12.4. The molecule has 3 aromatic carbocycles. The van der Waals surface area contributed by atoms with Crippen LogP contribution in [0.25, 0.3) is 22.3 Å². The maximum absolute atomic E-state index is 12.3. The van der Waals surface area contributed by atoms with Gasteiger partial charge in [0.15, 0.2) is 0 Å². The Balaban J connectivity index is 1.44. The summed E-state index contributed by atoms with van der Waals surface area (Å²) in [5.74, 6) is 3.92. The molecule has 8 heteroatoms.